The number of piperidine rings is 1. The monoisotopic (exact) mass is 503 g/mol. The van der Waals surface area contributed by atoms with Gasteiger partial charge in [-0.2, -0.15) is 0 Å². The molecule has 0 bridgehead atoms. The van der Waals surface area contributed by atoms with Gasteiger partial charge in [-0.25, -0.2) is 0 Å². The largest absolute Gasteiger partial charge is 0.357 e. The summed E-state index contributed by atoms with van der Waals surface area (Å²) in [6.45, 7) is 10.4. The van der Waals surface area contributed by atoms with Crippen LogP contribution in [0, 0.1) is 11.3 Å². The average Bonchev–Trinajstić information content (AvgIpc) is 3.60. The number of hydrogen-bond acceptors (Lipinski definition) is 3. The minimum absolute atomic E-state index is 0. The average molecular weight is 503 g/mol. The van der Waals surface area contributed by atoms with Gasteiger partial charge in [0.25, 0.3) is 0 Å². The number of hydrogen-bond donors (Lipinski definition) is 1. The quantitative estimate of drug-likeness (QED) is 0.344. The fourth-order valence-electron chi connectivity index (χ4n) is 4.76. The molecule has 2 saturated carbocycles. The second-order valence-corrected chi connectivity index (χ2v) is 9.01. The van der Waals surface area contributed by atoms with E-state index in [9.17, 15) is 4.79 Å². The van der Waals surface area contributed by atoms with Gasteiger partial charge >= 0.3 is 0 Å². The predicted octanol–water partition coefficient (Wildman–Crippen LogP) is 2.39. The Hall–Kier alpha value is -0.570. The second-order valence-electron chi connectivity index (χ2n) is 9.01. The van der Waals surface area contributed by atoms with E-state index in [4.69, 9.17) is 4.99 Å². The third kappa shape index (κ3) is 5.52. The van der Waals surface area contributed by atoms with Crippen molar-refractivity contribution in [3.05, 3.63) is 0 Å². The first-order chi connectivity index (χ1) is 13.2. The maximum absolute atomic E-state index is 12.5. The van der Waals surface area contributed by atoms with Gasteiger partial charge in [0.15, 0.2) is 5.96 Å². The van der Waals surface area contributed by atoms with Gasteiger partial charge in [0.1, 0.15) is 0 Å². The van der Waals surface area contributed by atoms with Crippen LogP contribution in [0.3, 0.4) is 0 Å². The van der Waals surface area contributed by atoms with E-state index in [2.05, 4.69) is 26.9 Å². The van der Waals surface area contributed by atoms with Crippen LogP contribution in [0.2, 0.25) is 0 Å². The Bertz CT molecular complexity index is 547. The van der Waals surface area contributed by atoms with E-state index in [0.717, 1.165) is 64.2 Å². The van der Waals surface area contributed by atoms with Crippen LogP contribution in [0.15, 0.2) is 4.99 Å². The molecule has 6 nitrogen and oxygen atoms in total. The number of rotatable bonds is 6. The standard InChI is InChI=1S/C21H37N5O.HI/c1-2-22-20(23-17-21(8-9-21)18-6-7-18)26-14-12-24(13-15-26)16-19(27)25-10-4-3-5-11-25;/h18H,2-17H2,1H3,(H,22,23);1H. The summed E-state index contributed by atoms with van der Waals surface area (Å²) < 4.78 is 0. The maximum atomic E-state index is 12.5. The van der Waals surface area contributed by atoms with Crippen LogP contribution in [0.5, 0.6) is 0 Å². The number of carbonyl (C=O) groups is 1. The Labute approximate surface area is 187 Å². The highest BCUT2D eigenvalue weighted by Crippen LogP contribution is 2.61. The molecule has 4 aliphatic rings. The van der Waals surface area contributed by atoms with E-state index in [0.29, 0.717) is 17.9 Å². The van der Waals surface area contributed by atoms with Crippen LogP contribution >= 0.6 is 24.0 Å². The molecule has 4 rings (SSSR count). The smallest absolute Gasteiger partial charge is 0.236 e. The van der Waals surface area contributed by atoms with Crippen molar-refractivity contribution >= 4 is 35.8 Å². The fourth-order valence-corrected chi connectivity index (χ4v) is 4.76. The van der Waals surface area contributed by atoms with Crippen molar-refractivity contribution in [1.29, 1.82) is 0 Å². The Morgan fingerprint density at radius 2 is 1.68 bits per heavy atom. The lowest BCUT2D eigenvalue weighted by Crippen LogP contribution is -2.54. The van der Waals surface area contributed by atoms with Crippen molar-refractivity contribution in [3.63, 3.8) is 0 Å². The maximum Gasteiger partial charge on any atom is 0.236 e. The predicted molar refractivity (Wildman–Crippen MR) is 124 cm³/mol. The molecule has 0 unspecified atom stereocenters. The number of nitrogens with one attached hydrogen (secondary N) is 1. The molecule has 2 aliphatic carbocycles. The van der Waals surface area contributed by atoms with Gasteiger partial charge in [-0.3, -0.25) is 14.7 Å². The van der Waals surface area contributed by atoms with E-state index < -0.39 is 0 Å². The topological polar surface area (TPSA) is 51.2 Å². The second kappa shape index (κ2) is 9.96. The minimum atomic E-state index is 0. The Morgan fingerprint density at radius 3 is 2.25 bits per heavy atom. The zero-order chi connectivity index (χ0) is 18.7. The van der Waals surface area contributed by atoms with Crippen LogP contribution in [0.25, 0.3) is 0 Å². The Kier molecular flexibility index (Phi) is 7.87. The summed E-state index contributed by atoms with van der Waals surface area (Å²) in [6, 6.07) is 0. The Balaban J connectivity index is 0.00000225. The fraction of sp³-hybridized carbons (Fsp3) is 0.905. The lowest BCUT2D eigenvalue weighted by Gasteiger charge is -2.37. The van der Waals surface area contributed by atoms with Crippen molar-refractivity contribution in [1.82, 2.24) is 20.0 Å². The zero-order valence-corrected chi connectivity index (χ0v) is 19.8. The van der Waals surface area contributed by atoms with Gasteiger partial charge in [0.2, 0.25) is 5.91 Å². The highest BCUT2D eigenvalue weighted by molar-refractivity contribution is 14.0. The zero-order valence-electron chi connectivity index (χ0n) is 17.5. The molecule has 0 spiro atoms. The lowest BCUT2D eigenvalue weighted by molar-refractivity contribution is -0.133. The first kappa shape index (κ1) is 22.1. The van der Waals surface area contributed by atoms with E-state index in [1.165, 1.54) is 44.9 Å². The normalized spacial score (nSPS) is 25.2. The number of guanidine groups is 1. The van der Waals surface area contributed by atoms with E-state index in [-0.39, 0.29) is 24.0 Å². The summed E-state index contributed by atoms with van der Waals surface area (Å²) in [5.74, 6) is 2.37. The number of aliphatic imine (C=N–C) groups is 1. The van der Waals surface area contributed by atoms with Gasteiger partial charge in [-0.05, 0) is 63.2 Å². The van der Waals surface area contributed by atoms with Crippen molar-refractivity contribution < 1.29 is 4.79 Å². The van der Waals surface area contributed by atoms with Crippen LogP contribution < -0.4 is 5.32 Å². The molecule has 0 aromatic rings. The van der Waals surface area contributed by atoms with Crippen LogP contribution in [0.1, 0.15) is 51.9 Å². The van der Waals surface area contributed by atoms with Gasteiger partial charge in [0.05, 0.1) is 6.54 Å². The van der Waals surface area contributed by atoms with Gasteiger partial charge in [0, 0.05) is 52.4 Å². The third-order valence-electron chi connectivity index (χ3n) is 6.95. The molecule has 2 saturated heterocycles. The minimum Gasteiger partial charge on any atom is -0.357 e. The first-order valence-electron chi connectivity index (χ1n) is 11.2. The van der Waals surface area contributed by atoms with E-state index in [1.807, 2.05) is 0 Å². The number of halogens is 1. The van der Waals surface area contributed by atoms with Crippen molar-refractivity contribution in [3.8, 4) is 0 Å². The molecule has 0 radical (unpaired) electrons. The van der Waals surface area contributed by atoms with Gasteiger partial charge in [-0.1, -0.05) is 0 Å². The van der Waals surface area contributed by atoms with Crippen molar-refractivity contribution in [2.45, 2.75) is 51.9 Å². The van der Waals surface area contributed by atoms with Crippen molar-refractivity contribution in [2.24, 2.45) is 16.3 Å². The summed E-state index contributed by atoms with van der Waals surface area (Å²) in [4.78, 5) is 24.3. The highest BCUT2D eigenvalue weighted by Gasteiger charge is 2.53. The summed E-state index contributed by atoms with van der Waals surface area (Å²) >= 11 is 0. The molecule has 28 heavy (non-hydrogen) atoms. The molecule has 0 aromatic heterocycles. The van der Waals surface area contributed by atoms with Crippen LogP contribution in [-0.2, 0) is 4.79 Å². The summed E-state index contributed by atoms with van der Waals surface area (Å²) in [6.07, 6.45) is 9.23. The summed E-state index contributed by atoms with van der Waals surface area (Å²) in [5, 5.41) is 3.50. The third-order valence-corrected chi connectivity index (χ3v) is 6.95. The molecule has 2 heterocycles. The molecule has 1 N–H and O–H groups in total. The SMILES string of the molecule is CCNC(=NCC1(C2CC2)CC1)N1CCN(CC(=O)N2CCCCC2)CC1.I. The van der Waals surface area contributed by atoms with Gasteiger partial charge < -0.3 is 15.1 Å². The molecular formula is C21H38IN5O. The van der Waals surface area contributed by atoms with E-state index in [1.54, 1.807) is 0 Å². The lowest BCUT2D eigenvalue weighted by atomic mass is 10.0. The molecule has 0 aromatic carbocycles. The molecule has 0 atom stereocenters. The molecule has 4 fully saturated rings. The number of carbonyl (C=O) groups excluding carboxylic acids is 1. The molecular weight excluding hydrogens is 465 g/mol. The van der Waals surface area contributed by atoms with Crippen LogP contribution in [-0.4, -0.2) is 85.5 Å². The summed E-state index contributed by atoms with van der Waals surface area (Å²) in [5.41, 5.74) is 0.559. The van der Waals surface area contributed by atoms with E-state index >= 15 is 0 Å². The van der Waals surface area contributed by atoms with Gasteiger partial charge in [-0.15, -0.1) is 24.0 Å². The highest BCUT2D eigenvalue weighted by atomic mass is 127. The molecule has 7 heteroatoms. The first-order valence-corrected chi connectivity index (χ1v) is 11.2. The molecule has 1 amide bonds. The Morgan fingerprint density at radius 1 is 1.00 bits per heavy atom. The number of amides is 1. The summed E-state index contributed by atoms with van der Waals surface area (Å²) in [7, 11) is 0. The molecule has 160 valence electrons. The number of piperazine rings is 1. The number of likely N-dealkylation sites (tertiary alicyclic amines) is 1. The van der Waals surface area contributed by atoms with Crippen molar-refractivity contribution in [2.75, 3.05) is 58.9 Å². The molecule has 2 aliphatic heterocycles. The number of nitrogens with zero attached hydrogens (tertiary/aromatic N) is 4. The van der Waals surface area contributed by atoms with Crippen LogP contribution in [0.4, 0.5) is 0 Å².